The summed E-state index contributed by atoms with van der Waals surface area (Å²) in [6.07, 6.45) is 1.65. The first kappa shape index (κ1) is 9.02. The van der Waals surface area contributed by atoms with E-state index >= 15 is 0 Å². The lowest BCUT2D eigenvalue weighted by Crippen LogP contribution is -1.99. The van der Waals surface area contributed by atoms with Crippen LogP contribution in [0.2, 0.25) is 0 Å². The van der Waals surface area contributed by atoms with Crippen LogP contribution in [0.4, 0.5) is 5.82 Å². The van der Waals surface area contributed by atoms with Crippen molar-refractivity contribution >= 4 is 17.2 Å². The lowest BCUT2D eigenvalue weighted by molar-refractivity contribution is 0.475. The number of hydrogen-bond donors (Lipinski definition) is 2. The molecular weight excluding hydrogens is 196 g/mol. The van der Waals surface area contributed by atoms with Crippen molar-refractivity contribution in [3.8, 4) is 5.75 Å². The SMILES string of the molecule is Oc1cccnc1NCc1ccsc1. The van der Waals surface area contributed by atoms with Crippen LogP contribution in [0.25, 0.3) is 0 Å². The van der Waals surface area contributed by atoms with Crippen LogP contribution in [-0.2, 0) is 6.54 Å². The Morgan fingerprint density at radius 2 is 2.36 bits per heavy atom. The van der Waals surface area contributed by atoms with Gasteiger partial charge in [0.15, 0.2) is 11.6 Å². The van der Waals surface area contributed by atoms with Gasteiger partial charge in [-0.15, -0.1) is 0 Å². The number of nitrogens with one attached hydrogen (secondary N) is 1. The van der Waals surface area contributed by atoms with Crippen molar-refractivity contribution in [3.63, 3.8) is 0 Å². The molecule has 0 spiro atoms. The van der Waals surface area contributed by atoms with Crippen molar-refractivity contribution in [1.29, 1.82) is 0 Å². The van der Waals surface area contributed by atoms with Gasteiger partial charge in [0.05, 0.1) is 0 Å². The fraction of sp³-hybridized carbons (Fsp3) is 0.100. The van der Waals surface area contributed by atoms with Crippen molar-refractivity contribution in [2.75, 3.05) is 5.32 Å². The summed E-state index contributed by atoms with van der Waals surface area (Å²) in [5.74, 6) is 0.710. The standard InChI is InChI=1S/C10H10N2OS/c13-9-2-1-4-11-10(9)12-6-8-3-5-14-7-8/h1-5,7,13H,6H2,(H,11,12). The Balaban J connectivity index is 2.02. The van der Waals surface area contributed by atoms with Crippen LogP contribution >= 0.6 is 11.3 Å². The van der Waals surface area contributed by atoms with Crippen LogP contribution in [-0.4, -0.2) is 10.1 Å². The molecule has 14 heavy (non-hydrogen) atoms. The van der Waals surface area contributed by atoms with Crippen molar-refractivity contribution in [2.45, 2.75) is 6.54 Å². The van der Waals surface area contributed by atoms with E-state index in [0.717, 1.165) is 0 Å². The van der Waals surface area contributed by atoms with Gasteiger partial charge in [0.25, 0.3) is 0 Å². The molecule has 4 heteroatoms. The summed E-state index contributed by atoms with van der Waals surface area (Å²) in [6, 6.07) is 5.35. The maximum atomic E-state index is 9.42. The Bertz CT molecular complexity index is 400. The van der Waals surface area contributed by atoms with Crippen molar-refractivity contribution in [2.24, 2.45) is 0 Å². The van der Waals surface area contributed by atoms with Gasteiger partial charge in [0, 0.05) is 12.7 Å². The third-order valence-corrected chi connectivity index (χ3v) is 2.56. The normalized spacial score (nSPS) is 10.0. The quantitative estimate of drug-likeness (QED) is 0.810. The maximum absolute atomic E-state index is 9.42. The number of pyridine rings is 1. The Morgan fingerprint density at radius 1 is 1.43 bits per heavy atom. The predicted molar refractivity (Wildman–Crippen MR) is 57.5 cm³/mol. The lowest BCUT2D eigenvalue weighted by atomic mass is 10.3. The van der Waals surface area contributed by atoms with Crippen LogP contribution in [0.15, 0.2) is 35.2 Å². The smallest absolute Gasteiger partial charge is 0.168 e. The van der Waals surface area contributed by atoms with Crippen LogP contribution in [0.1, 0.15) is 5.56 Å². The van der Waals surface area contributed by atoms with E-state index in [0.29, 0.717) is 12.4 Å². The molecule has 2 aromatic heterocycles. The van der Waals surface area contributed by atoms with Gasteiger partial charge in [-0.1, -0.05) is 0 Å². The largest absolute Gasteiger partial charge is 0.504 e. The van der Waals surface area contributed by atoms with Gasteiger partial charge < -0.3 is 10.4 Å². The maximum Gasteiger partial charge on any atom is 0.168 e. The van der Waals surface area contributed by atoms with E-state index in [1.165, 1.54) is 5.56 Å². The van der Waals surface area contributed by atoms with Gasteiger partial charge in [-0.2, -0.15) is 11.3 Å². The van der Waals surface area contributed by atoms with E-state index in [1.807, 2.05) is 11.4 Å². The van der Waals surface area contributed by atoms with E-state index in [-0.39, 0.29) is 5.75 Å². The van der Waals surface area contributed by atoms with E-state index in [2.05, 4.69) is 15.7 Å². The number of rotatable bonds is 3. The summed E-state index contributed by atoms with van der Waals surface area (Å²) in [5, 5.41) is 16.6. The minimum Gasteiger partial charge on any atom is -0.504 e. The number of thiophene rings is 1. The highest BCUT2D eigenvalue weighted by molar-refractivity contribution is 7.07. The Morgan fingerprint density at radius 3 is 3.07 bits per heavy atom. The first-order valence-electron chi connectivity index (χ1n) is 4.25. The number of nitrogens with zero attached hydrogens (tertiary/aromatic N) is 1. The zero-order valence-corrected chi connectivity index (χ0v) is 8.29. The molecule has 0 aliphatic carbocycles. The molecule has 0 radical (unpaired) electrons. The number of aromatic hydroxyl groups is 1. The number of anilines is 1. The molecule has 0 atom stereocenters. The molecule has 72 valence electrons. The number of aromatic nitrogens is 1. The minimum atomic E-state index is 0.183. The first-order valence-corrected chi connectivity index (χ1v) is 5.19. The van der Waals surface area contributed by atoms with Gasteiger partial charge >= 0.3 is 0 Å². The summed E-state index contributed by atoms with van der Waals surface area (Å²) >= 11 is 1.66. The molecule has 0 aliphatic heterocycles. The Kier molecular flexibility index (Phi) is 2.65. The van der Waals surface area contributed by atoms with Gasteiger partial charge in [0.1, 0.15) is 0 Å². The molecule has 0 aliphatic rings. The third kappa shape index (κ3) is 2.03. The van der Waals surface area contributed by atoms with Crippen molar-refractivity contribution in [3.05, 3.63) is 40.7 Å². The predicted octanol–water partition coefficient (Wildman–Crippen LogP) is 2.46. The topological polar surface area (TPSA) is 45.2 Å². The van der Waals surface area contributed by atoms with Crippen LogP contribution < -0.4 is 5.32 Å². The molecule has 0 bridgehead atoms. The van der Waals surface area contributed by atoms with E-state index in [1.54, 1.807) is 29.7 Å². The van der Waals surface area contributed by atoms with E-state index < -0.39 is 0 Å². The first-order chi connectivity index (χ1) is 6.86. The number of hydrogen-bond acceptors (Lipinski definition) is 4. The summed E-state index contributed by atoms with van der Waals surface area (Å²) in [7, 11) is 0. The zero-order valence-electron chi connectivity index (χ0n) is 7.47. The lowest BCUT2D eigenvalue weighted by Gasteiger charge is -2.04. The Labute approximate surface area is 86.1 Å². The van der Waals surface area contributed by atoms with Gasteiger partial charge in [-0.05, 0) is 34.5 Å². The molecule has 0 unspecified atom stereocenters. The zero-order chi connectivity index (χ0) is 9.80. The van der Waals surface area contributed by atoms with Gasteiger partial charge in [-0.25, -0.2) is 4.98 Å². The molecule has 2 N–H and O–H groups in total. The van der Waals surface area contributed by atoms with Gasteiger partial charge in [-0.3, -0.25) is 0 Å². The molecule has 3 nitrogen and oxygen atoms in total. The van der Waals surface area contributed by atoms with Crippen molar-refractivity contribution in [1.82, 2.24) is 4.98 Å². The molecular formula is C10H10N2OS. The third-order valence-electron chi connectivity index (χ3n) is 1.83. The molecule has 0 saturated heterocycles. The molecule has 2 rings (SSSR count). The Hall–Kier alpha value is -1.55. The second-order valence-electron chi connectivity index (χ2n) is 2.86. The summed E-state index contributed by atoms with van der Waals surface area (Å²) in [4.78, 5) is 4.02. The monoisotopic (exact) mass is 206 g/mol. The van der Waals surface area contributed by atoms with E-state index in [9.17, 15) is 5.11 Å². The molecule has 2 aromatic rings. The van der Waals surface area contributed by atoms with Crippen LogP contribution in [0.5, 0.6) is 5.75 Å². The summed E-state index contributed by atoms with van der Waals surface area (Å²) in [6.45, 7) is 0.689. The molecule has 0 saturated carbocycles. The fourth-order valence-corrected chi connectivity index (χ4v) is 1.78. The molecule has 0 fully saturated rings. The van der Waals surface area contributed by atoms with E-state index in [4.69, 9.17) is 0 Å². The minimum absolute atomic E-state index is 0.183. The summed E-state index contributed by atoms with van der Waals surface area (Å²) in [5.41, 5.74) is 1.19. The molecule has 0 aromatic carbocycles. The highest BCUT2D eigenvalue weighted by Gasteiger charge is 1.99. The average Bonchev–Trinajstić information content (AvgIpc) is 2.69. The fourth-order valence-electron chi connectivity index (χ4n) is 1.11. The average molecular weight is 206 g/mol. The second kappa shape index (κ2) is 4.11. The van der Waals surface area contributed by atoms with Crippen molar-refractivity contribution < 1.29 is 5.11 Å². The van der Waals surface area contributed by atoms with Crippen LogP contribution in [0, 0.1) is 0 Å². The second-order valence-corrected chi connectivity index (χ2v) is 3.64. The molecule has 0 amide bonds. The van der Waals surface area contributed by atoms with Gasteiger partial charge in [0.2, 0.25) is 0 Å². The van der Waals surface area contributed by atoms with Crippen LogP contribution in [0.3, 0.4) is 0 Å². The highest BCUT2D eigenvalue weighted by Crippen LogP contribution is 2.19. The highest BCUT2D eigenvalue weighted by atomic mass is 32.1. The summed E-state index contributed by atoms with van der Waals surface area (Å²) < 4.78 is 0. The molecule has 2 heterocycles.